The van der Waals surface area contributed by atoms with E-state index in [1.165, 1.54) is 13.3 Å². The molecule has 8 nitrogen and oxygen atoms in total. The normalized spacial score (nSPS) is 18.6. The lowest BCUT2D eigenvalue weighted by atomic mass is 9.76. The van der Waals surface area contributed by atoms with Gasteiger partial charge in [-0.15, -0.1) is 0 Å². The molecule has 1 aromatic rings. The number of ether oxygens (including phenoxy) is 2. The van der Waals surface area contributed by atoms with Crippen molar-refractivity contribution in [2.75, 3.05) is 7.11 Å². The Morgan fingerprint density at radius 1 is 1.37 bits per heavy atom. The Bertz CT molecular complexity index is 1070. The molecule has 0 saturated heterocycles. The molecule has 1 amide bonds. The first-order valence-electron chi connectivity index (χ1n) is 9.45. The number of amides is 1. The molecule has 156 valence electrons. The summed E-state index contributed by atoms with van der Waals surface area (Å²) < 4.78 is 11.5. The lowest BCUT2D eigenvalue weighted by Crippen LogP contribution is -2.35. The number of fused-ring (bicyclic) bond motifs is 1. The summed E-state index contributed by atoms with van der Waals surface area (Å²) in [5.74, 6) is -0.762. The van der Waals surface area contributed by atoms with E-state index in [0.717, 1.165) is 5.06 Å². The van der Waals surface area contributed by atoms with Crippen LogP contribution in [0.1, 0.15) is 44.7 Å². The molecule has 3 rings (SSSR count). The Hall–Kier alpha value is -3.57. The largest absolute Gasteiger partial charge is 0.496 e. The van der Waals surface area contributed by atoms with E-state index in [1.807, 2.05) is 20.8 Å². The third-order valence-corrected chi connectivity index (χ3v) is 4.92. The fourth-order valence-electron chi connectivity index (χ4n) is 3.72. The van der Waals surface area contributed by atoms with Crippen LogP contribution in [0.15, 0.2) is 57.7 Å². The van der Waals surface area contributed by atoms with Gasteiger partial charge in [0.05, 0.1) is 47.6 Å². The molecule has 2 heterocycles. The zero-order valence-electron chi connectivity index (χ0n) is 17.6. The van der Waals surface area contributed by atoms with E-state index in [1.54, 1.807) is 25.1 Å². The number of aliphatic imine (C=N–C) groups is 1. The number of rotatable bonds is 5. The van der Waals surface area contributed by atoms with Gasteiger partial charge in [0, 0.05) is 17.5 Å². The van der Waals surface area contributed by atoms with Gasteiger partial charge in [0.15, 0.2) is 0 Å². The Morgan fingerprint density at radius 3 is 2.63 bits per heavy atom. The minimum atomic E-state index is -0.704. The van der Waals surface area contributed by atoms with Gasteiger partial charge in [0.25, 0.3) is 0 Å². The monoisotopic (exact) mass is 408 g/mol. The molecule has 0 fully saturated rings. The minimum Gasteiger partial charge on any atom is -0.496 e. The van der Waals surface area contributed by atoms with Crippen LogP contribution in [0.2, 0.25) is 0 Å². The molecule has 0 radical (unpaired) electrons. The highest BCUT2D eigenvalue weighted by molar-refractivity contribution is 6.17. The summed E-state index contributed by atoms with van der Waals surface area (Å²) in [6, 6.07) is 7.04. The summed E-state index contributed by atoms with van der Waals surface area (Å²) >= 11 is 0. The molecule has 0 aromatic heterocycles. The van der Waals surface area contributed by atoms with E-state index in [4.69, 9.17) is 15.2 Å². The second-order valence-electron chi connectivity index (χ2n) is 7.37. The third-order valence-electron chi connectivity index (χ3n) is 4.92. The number of primary amides is 1. The lowest BCUT2D eigenvalue weighted by molar-refractivity contribution is -0.114. The van der Waals surface area contributed by atoms with Gasteiger partial charge < -0.3 is 15.2 Å². The summed E-state index contributed by atoms with van der Waals surface area (Å²) in [6.07, 6.45) is 1.26. The van der Waals surface area contributed by atoms with E-state index < -0.39 is 11.8 Å². The van der Waals surface area contributed by atoms with Gasteiger partial charge in [-0.1, -0.05) is 6.07 Å². The number of hydroxylamine groups is 2. The molecule has 2 aliphatic heterocycles. The fraction of sp³-hybridized carbons (Fsp3) is 0.318. The maximum atomic E-state index is 12.5. The second kappa shape index (κ2) is 8.05. The highest BCUT2D eigenvalue weighted by Crippen LogP contribution is 2.46. The van der Waals surface area contributed by atoms with Crippen molar-refractivity contribution in [1.29, 1.82) is 5.26 Å². The van der Waals surface area contributed by atoms with Gasteiger partial charge in [-0.3, -0.25) is 15.0 Å². The Labute approximate surface area is 175 Å². The van der Waals surface area contributed by atoms with Crippen LogP contribution in [0.4, 0.5) is 0 Å². The quantitative estimate of drug-likeness (QED) is 0.772. The Balaban J connectivity index is 2.38. The number of nitrogens with zero attached hydrogens (tertiary/aromatic N) is 3. The molecule has 8 heteroatoms. The molecular formula is C22H24N4O4. The fourth-order valence-corrected chi connectivity index (χ4v) is 3.72. The van der Waals surface area contributed by atoms with Gasteiger partial charge in [-0.05, 0) is 45.4 Å². The topological polar surface area (TPSA) is 121 Å². The number of nitrogens with two attached hydrogens (primary N) is 1. The van der Waals surface area contributed by atoms with E-state index in [-0.39, 0.29) is 17.6 Å². The van der Waals surface area contributed by atoms with Gasteiger partial charge in [0.1, 0.15) is 5.75 Å². The van der Waals surface area contributed by atoms with Crippen LogP contribution in [-0.4, -0.2) is 35.1 Å². The summed E-state index contributed by atoms with van der Waals surface area (Å²) in [4.78, 5) is 17.1. The number of benzene rings is 1. The van der Waals surface area contributed by atoms with Crippen LogP contribution in [0.5, 0.6) is 5.75 Å². The van der Waals surface area contributed by atoms with Crippen molar-refractivity contribution in [2.45, 2.75) is 39.7 Å². The van der Waals surface area contributed by atoms with Crippen molar-refractivity contribution in [1.82, 2.24) is 5.06 Å². The maximum Gasteiger partial charge on any atom is 0.247 e. The SMILES string of the molecule is COc1cc(C#N)ccc1C1C(C(N)=O)=C(C)N=C2C(C)=CN(O)C(OC(C)C)=C21. The van der Waals surface area contributed by atoms with E-state index >= 15 is 0 Å². The van der Waals surface area contributed by atoms with Crippen LogP contribution in [0.25, 0.3) is 0 Å². The molecule has 1 atom stereocenters. The first kappa shape index (κ1) is 21.1. The first-order valence-corrected chi connectivity index (χ1v) is 9.45. The average molecular weight is 408 g/mol. The van der Waals surface area contributed by atoms with E-state index in [9.17, 15) is 15.3 Å². The molecule has 0 aliphatic carbocycles. The van der Waals surface area contributed by atoms with Gasteiger partial charge in [-0.2, -0.15) is 10.3 Å². The van der Waals surface area contributed by atoms with E-state index in [2.05, 4.69) is 11.1 Å². The van der Waals surface area contributed by atoms with Crippen molar-refractivity contribution in [3.8, 4) is 11.8 Å². The van der Waals surface area contributed by atoms with Crippen molar-refractivity contribution in [3.05, 3.63) is 63.8 Å². The highest BCUT2D eigenvalue weighted by atomic mass is 16.6. The average Bonchev–Trinajstić information content (AvgIpc) is 2.69. The summed E-state index contributed by atoms with van der Waals surface area (Å²) in [6.45, 7) is 7.19. The minimum absolute atomic E-state index is 0.164. The molecule has 2 aliphatic rings. The van der Waals surface area contributed by atoms with Crippen molar-refractivity contribution in [3.63, 3.8) is 0 Å². The molecule has 0 bridgehead atoms. The zero-order valence-corrected chi connectivity index (χ0v) is 17.6. The number of methoxy groups -OCH3 is 1. The third kappa shape index (κ3) is 3.55. The summed E-state index contributed by atoms with van der Waals surface area (Å²) in [5, 5.41) is 20.8. The zero-order chi connectivity index (χ0) is 22.2. The Morgan fingerprint density at radius 2 is 2.07 bits per heavy atom. The second-order valence-corrected chi connectivity index (χ2v) is 7.37. The van der Waals surface area contributed by atoms with Crippen LogP contribution < -0.4 is 10.5 Å². The van der Waals surface area contributed by atoms with Crippen molar-refractivity contribution >= 4 is 11.6 Å². The molecule has 0 saturated carbocycles. The summed E-state index contributed by atoms with van der Waals surface area (Å²) in [5.41, 5.74) is 9.32. The van der Waals surface area contributed by atoms with Crippen molar-refractivity contribution in [2.24, 2.45) is 10.7 Å². The molecule has 1 unspecified atom stereocenters. The van der Waals surface area contributed by atoms with Crippen LogP contribution >= 0.6 is 0 Å². The van der Waals surface area contributed by atoms with Crippen LogP contribution in [0.3, 0.4) is 0 Å². The highest BCUT2D eigenvalue weighted by Gasteiger charge is 2.41. The number of hydrogen-bond acceptors (Lipinski definition) is 7. The smallest absolute Gasteiger partial charge is 0.247 e. The molecule has 0 spiro atoms. The molecular weight excluding hydrogens is 384 g/mol. The summed E-state index contributed by atoms with van der Waals surface area (Å²) in [7, 11) is 1.49. The number of hydrogen-bond donors (Lipinski definition) is 2. The number of carbonyl (C=O) groups excluding carboxylic acids is 1. The molecule has 1 aromatic carbocycles. The molecule has 30 heavy (non-hydrogen) atoms. The number of carbonyl (C=O) groups is 1. The standard InChI is InChI=1S/C22H24N4O4/c1-11(2)30-22-19-18(15-7-6-14(9-23)8-16(15)29-5)17(21(24)27)13(4)25-20(19)12(3)10-26(22)28/h6-8,10-11,18,28H,1-5H3,(H2,24,27). The molecule has 3 N–H and O–H groups in total. The van der Waals surface area contributed by atoms with Crippen molar-refractivity contribution < 1.29 is 19.5 Å². The maximum absolute atomic E-state index is 12.5. The predicted molar refractivity (Wildman–Crippen MR) is 110 cm³/mol. The first-order chi connectivity index (χ1) is 14.2. The van der Waals surface area contributed by atoms with E-state index in [0.29, 0.717) is 39.4 Å². The number of nitriles is 1. The van der Waals surface area contributed by atoms with Gasteiger partial charge >= 0.3 is 0 Å². The Kier molecular flexibility index (Phi) is 5.67. The van der Waals surface area contributed by atoms with Gasteiger partial charge in [0.2, 0.25) is 11.8 Å². The lowest BCUT2D eigenvalue weighted by Gasteiger charge is -2.35. The predicted octanol–water partition coefficient (Wildman–Crippen LogP) is 3.11. The van der Waals surface area contributed by atoms with Crippen LogP contribution in [-0.2, 0) is 9.53 Å². The van der Waals surface area contributed by atoms with Gasteiger partial charge in [-0.25, -0.2) is 0 Å². The van der Waals surface area contributed by atoms with Crippen LogP contribution in [0, 0.1) is 11.3 Å². The number of allylic oxidation sites excluding steroid dienone is 3.